The predicted octanol–water partition coefficient (Wildman–Crippen LogP) is 3.88. The molecule has 3 N–H and O–H groups in total. The Morgan fingerprint density at radius 1 is 0.970 bits per heavy atom. The van der Waals surface area contributed by atoms with Crippen molar-refractivity contribution >= 4 is 52.7 Å². The smallest absolute Gasteiger partial charge is 0.261 e. The number of amides is 2. The second-order valence-corrected chi connectivity index (χ2v) is 8.00. The first-order chi connectivity index (χ1) is 15.6. The maximum Gasteiger partial charge on any atom is 0.261 e. The molecule has 0 atom stereocenters. The quantitative estimate of drug-likeness (QED) is 0.129. The number of imide groups is 1. The van der Waals surface area contributed by atoms with Crippen molar-refractivity contribution in [3.8, 4) is 0 Å². The van der Waals surface area contributed by atoms with Crippen LogP contribution in [-0.4, -0.2) is 54.3 Å². The number of para-hydroxylation sites is 1. The van der Waals surface area contributed by atoms with Crippen LogP contribution in [0.5, 0.6) is 0 Å². The number of benzene rings is 2. The molecule has 0 saturated heterocycles. The number of aryl methyl sites for hydroxylation is 1. The molecular formula is C25H30IN5O2. The molecule has 7 nitrogen and oxygen atoms in total. The fraction of sp³-hybridized carbons (Fsp3) is 0.320. The lowest BCUT2D eigenvalue weighted by Gasteiger charge is -2.15. The van der Waals surface area contributed by atoms with E-state index in [-0.39, 0.29) is 35.8 Å². The molecule has 33 heavy (non-hydrogen) atoms. The number of unbranched alkanes of at least 4 members (excludes halogenated alkanes) is 1. The third kappa shape index (κ3) is 5.38. The molecule has 8 heteroatoms. The van der Waals surface area contributed by atoms with Gasteiger partial charge in [0.25, 0.3) is 11.8 Å². The van der Waals surface area contributed by atoms with Crippen LogP contribution in [0, 0.1) is 6.92 Å². The average Bonchev–Trinajstić information content (AvgIpc) is 3.33. The van der Waals surface area contributed by atoms with Gasteiger partial charge in [0.1, 0.15) is 0 Å². The van der Waals surface area contributed by atoms with Crippen LogP contribution in [0.1, 0.15) is 44.7 Å². The number of H-pyrrole nitrogens is 1. The Morgan fingerprint density at radius 2 is 1.67 bits per heavy atom. The number of guanidine groups is 1. The second kappa shape index (κ2) is 11.3. The number of hydrogen-bond acceptors (Lipinski definition) is 3. The molecule has 1 aromatic heterocycles. The molecule has 2 amide bonds. The van der Waals surface area contributed by atoms with Gasteiger partial charge < -0.3 is 15.6 Å². The summed E-state index contributed by atoms with van der Waals surface area (Å²) in [6, 6.07) is 13.3. The van der Waals surface area contributed by atoms with Gasteiger partial charge in [-0.25, -0.2) is 0 Å². The Morgan fingerprint density at radius 3 is 2.36 bits per heavy atom. The molecule has 2 heterocycles. The molecule has 0 bridgehead atoms. The Labute approximate surface area is 211 Å². The van der Waals surface area contributed by atoms with Crippen molar-refractivity contribution in [2.45, 2.75) is 26.2 Å². The molecule has 4 rings (SSSR count). The third-order valence-electron chi connectivity index (χ3n) is 5.90. The van der Waals surface area contributed by atoms with Crippen LogP contribution >= 0.6 is 24.0 Å². The summed E-state index contributed by atoms with van der Waals surface area (Å²) in [4.78, 5) is 33.8. The van der Waals surface area contributed by atoms with Gasteiger partial charge in [0, 0.05) is 43.8 Å². The first kappa shape index (κ1) is 24.8. The minimum absolute atomic E-state index is 0. The molecule has 1 aliphatic heterocycles. The third-order valence-corrected chi connectivity index (χ3v) is 5.90. The van der Waals surface area contributed by atoms with E-state index in [0.29, 0.717) is 17.7 Å². The van der Waals surface area contributed by atoms with Gasteiger partial charge >= 0.3 is 0 Å². The van der Waals surface area contributed by atoms with Crippen LogP contribution in [0.2, 0.25) is 0 Å². The Kier molecular flexibility index (Phi) is 8.49. The van der Waals surface area contributed by atoms with E-state index in [2.05, 4.69) is 51.9 Å². The van der Waals surface area contributed by atoms with E-state index in [4.69, 9.17) is 0 Å². The molecule has 3 aromatic rings. The van der Waals surface area contributed by atoms with E-state index >= 15 is 0 Å². The summed E-state index contributed by atoms with van der Waals surface area (Å²) in [5, 5.41) is 7.92. The van der Waals surface area contributed by atoms with Crippen LogP contribution < -0.4 is 10.6 Å². The van der Waals surface area contributed by atoms with Crippen LogP contribution in [0.25, 0.3) is 10.9 Å². The normalized spacial score (nSPS) is 13.3. The highest BCUT2D eigenvalue weighted by Crippen LogP contribution is 2.23. The fourth-order valence-electron chi connectivity index (χ4n) is 4.15. The summed E-state index contributed by atoms with van der Waals surface area (Å²) in [5.74, 6) is 0.369. The zero-order chi connectivity index (χ0) is 22.5. The molecule has 0 fully saturated rings. The van der Waals surface area contributed by atoms with Gasteiger partial charge in [-0.05, 0) is 49.4 Å². The molecule has 174 valence electrons. The van der Waals surface area contributed by atoms with E-state index in [0.717, 1.165) is 38.3 Å². The number of rotatable bonds is 8. The van der Waals surface area contributed by atoms with Gasteiger partial charge in [-0.2, -0.15) is 0 Å². The number of halogens is 1. The molecule has 0 aliphatic carbocycles. The lowest BCUT2D eigenvalue weighted by Crippen LogP contribution is -2.39. The molecule has 0 spiro atoms. The summed E-state index contributed by atoms with van der Waals surface area (Å²) < 4.78 is 0. The van der Waals surface area contributed by atoms with Crippen molar-refractivity contribution in [2.24, 2.45) is 4.99 Å². The van der Waals surface area contributed by atoms with Gasteiger partial charge in [-0.3, -0.25) is 19.5 Å². The SMILES string of the molecule is CN=C(NCCCCN1C(=O)c2ccccc2C1=O)NCCc1c[nH]c2c(C)cccc12.I. The number of hydrogen-bond donors (Lipinski definition) is 3. The summed E-state index contributed by atoms with van der Waals surface area (Å²) >= 11 is 0. The molecule has 0 radical (unpaired) electrons. The molecule has 0 unspecified atom stereocenters. The number of carbonyl (C=O) groups is 2. The molecule has 1 aliphatic rings. The fourth-order valence-corrected chi connectivity index (χ4v) is 4.15. The second-order valence-electron chi connectivity index (χ2n) is 8.00. The summed E-state index contributed by atoms with van der Waals surface area (Å²) in [5.41, 5.74) is 4.74. The lowest BCUT2D eigenvalue weighted by atomic mass is 10.1. The first-order valence-electron chi connectivity index (χ1n) is 11.1. The topological polar surface area (TPSA) is 89.6 Å². The Hall–Kier alpha value is -2.88. The number of fused-ring (bicyclic) bond motifs is 2. The minimum atomic E-state index is -0.191. The summed E-state index contributed by atoms with van der Waals surface area (Å²) in [7, 11) is 1.75. The van der Waals surface area contributed by atoms with Crippen molar-refractivity contribution in [2.75, 3.05) is 26.7 Å². The number of aliphatic imine (C=N–C) groups is 1. The van der Waals surface area contributed by atoms with Crippen LogP contribution in [0.15, 0.2) is 53.7 Å². The maximum atomic E-state index is 12.4. The number of carbonyl (C=O) groups excluding carboxylic acids is 2. The van der Waals surface area contributed by atoms with Crippen molar-refractivity contribution in [3.05, 3.63) is 70.9 Å². The summed E-state index contributed by atoms with van der Waals surface area (Å²) in [6.45, 7) is 4.03. The van der Waals surface area contributed by atoms with Gasteiger partial charge in [0.2, 0.25) is 0 Å². The standard InChI is InChI=1S/C25H29N5O2.HI/c1-17-8-7-11-19-18(16-29-22(17)19)12-14-28-25(26-2)27-13-5-6-15-30-23(31)20-9-3-4-10-21(20)24(30)32;/h3-4,7-11,16,29H,5-6,12-15H2,1-2H3,(H2,26,27,28);1H. The van der Waals surface area contributed by atoms with E-state index < -0.39 is 0 Å². The minimum Gasteiger partial charge on any atom is -0.361 e. The van der Waals surface area contributed by atoms with Gasteiger partial charge in [0.05, 0.1) is 11.1 Å². The van der Waals surface area contributed by atoms with Gasteiger partial charge in [-0.15, -0.1) is 24.0 Å². The Bertz CT molecular complexity index is 1140. The zero-order valence-corrected chi connectivity index (χ0v) is 21.3. The average molecular weight is 559 g/mol. The Balaban J connectivity index is 0.00000306. The highest BCUT2D eigenvalue weighted by molar-refractivity contribution is 14.0. The highest BCUT2D eigenvalue weighted by Gasteiger charge is 2.34. The van der Waals surface area contributed by atoms with Gasteiger partial charge in [0.15, 0.2) is 5.96 Å². The highest BCUT2D eigenvalue weighted by atomic mass is 127. The van der Waals surface area contributed by atoms with E-state index in [1.54, 1.807) is 31.3 Å². The van der Waals surface area contributed by atoms with Crippen molar-refractivity contribution in [1.29, 1.82) is 0 Å². The van der Waals surface area contributed by atoms with Gasteiger partial charge in [-0.1, -0.05) is 30.3 Å². The lowest BCUT2D eigenvalue weighted by molar-refractivity contribution is 0.0652. The van der Waals surface area contributed by atoms with Crippen molar-refractivity contribution < 1.29 is 9.59 Å². The van der Waals surface area contributed by atoms with Crippen LogP contribution in [-0.2, 0) is 6.42 Å². The predicted molar refractivity (Wildman–Crippen MR) is 143 cm³/mol. The van der Waals surface area contributed by atoms with Crippen LogP contribution in [0.3, 0.4) is 0 Å². The maximum absolute atomic E-state index is 12.4. The number of nitrogens with zero attached hydrogens (tertiary/aromatic N) is 2. The van der Waals surface area contributed by atoms with Crippen LogP contribution in [0.4, 0.5) is 0 Å². The zero-order valence-electron chi connectivity index (χ0n) is 19.0. The monoisotopic (exact) mass is 559 g/mol. The van der Waals surface area contributed by atoms with Crippen molar-refractivity contribution in [1.82, 2.24) is 20.5 Å². The summed E-state index contributed by atoms with van der Waals surface area (Å²) in [6.07, 6.45) is 4.54. The molecule has 0 saturated carbocycles. The molecular weight excluding hydrogens is 529 g/mol. The van der Waals surface area contributed by atoms with E-state index in [1.807, 2.05) is 0 Å². The number of nitrogens with one attached hydrogen (secondary N) is 3. The van der Waals surface area contributed by atoms with E-state index in [9.17, 15) is 9.59 Å². The van der Waals surface area contributed by atoms with Crippen molar-refractivity contribution in [3.63, 3.8) is 0 Å². The number of aromatic nitrogens is 1. The number of aromatic amines is 1. The first-order valence-corrected chi connectivity index (χ1v) is 11.1. The molecule has 2 aromatic carbocycles. The largest absolute Gasteiger partial charge is 0.361 e. The van der Waals surface area contributed by atoms with E-state index in [1.165, 1.54) is 26.9 Å².